The Bertz CT molecular complexity index is 261. The minimum absolute atomic E-state index is 0.235. The quantitative estimate of drug-likeness (QED) is 0.643. The normalized spacial score (nSPS) is 32.2. The molecule has 3 heteroatoms. The molecule has 1 heterocycles. The molecule has 13 heavy (non-hydrogen) atoms. The lowest BCUT2D eigenvalue weighted by atomic mass is 9.67. The fourth-order valence-electron chi connectivity index (χ4n) is 2.58. The summed E-state index contributed by atoms with van der Waals surface area (Å²) in [6, 6.07) is 0. The third-order valence-electron chi connectivity index (χ3n) is 4.12. The van der Waals surface area contributed by atoms with E-state index < -0.39 is 5.54 Å². The molecular formula is C10H16N2O. The second-order valence-corrected chi connectivity index (χ2v) is 4.94. The number of hydrogen-bond donors (Lipinski definition) is 1. The Hall–Kier alpha value is -0.570. The second-order valence-electron chi connectivity index (χ2n) is 4.94. The predicted octanol–water partition coefficient (Wildman–Crippen LogP) is 0.633. The van der Waals surface area contributed by atoms with Crippen LogP contribution in [0.1, 0.15) is 38.5 Å². The van der Waals surface area contributed by atoms with Gasteiger partial charge in [-0.15, -0.1) is 0 Å². The monoisotopic (exact) mass is 180 g/mol. The average molecular weight is 180 g/mol. The molecule has 0 unspecified atom stereocenters. The maximum atomic E-state index is 11.9. The van der Waals surface area contributed by atoms with E-state index in [0.717, 1.165) is 19.4 Å². The first-order valence-electron chi connectivity index (χ1n) is 5.27. The summed E-state index contributed by atoms with van der Waals surface area (Å²) in [7, 11) is 0. The summed E-state index contributed by atoms with van der Waals surface area (Å²) in [5, 5.41) is 0. The smallest absolute Gasteiger partial charge is 0.243 e. The Labute approximate surface area is 78.3 Å². The van der Waals surface area contributed by atoms with E-state index in [1.807, 2.05) is 0 Å². The number of amides is 1. The number of hydrogen-bond acceptors (Lipinski definition) is 2. The third-order valence-corrected chi connectivity index (χ3v) is 4.12. The molecule has 3 aliphatic rings. The third kappa shape index (κ3) is 0.857. The minimum atomic E-state index is -0.441. The van der Waals surface area contributed by atoms with Gasteiger partial charge in [-0.25, -0.2) is 0 Å². The van der Waals surface area contributed by atoms with Crippen LogP contribution in [0, 0.1) is 0 Å². The topological polar surface area (TPSA) is 46.3 Å². The summed E-state index contributed by atoms with van der Waals surface area (Å²) in [6.07, 6.45) is 6.75. The molecule has 0 aromatic heterocycles. The number of nitrogens with two attached hydrogens (primary N) is 1. The van der Waals surface area contributed by atoms with Crippen LogP contribution in [0.5, 0.6) is 0 Å². The molecule has 3 rings (SSSR count). The van der Waals surface area contributed by atoms with E-state index in [9.17, 15) is 4.79 Å². The van der Waals surface area contributed by atoms with Gasteiger partial charge in [0.05, 0.1) is 5.54 Å². The predicted molar refractivity (Wildman–Crippen MR) is 49.1 cm³/mol. The fraction of sp³-hybridized carbons (Fsp3) is 0.900. The maximum absolute atomic E-state index is 11.9. The Kier molecular flexibility index (Phi) is 1.25. The van der Waals surface area contributed by atoms with E-state index >= 15 is 0 Å². The molecule has 2 N–H and O–H groups in total. The molecule has 1 amide bonds. The van der Waals surface area contributed by atoms with Crippen molar-refractivity contribution in [2.24, 2.45) is 5.73 Å². The molecular weight excluding hydrogens is 164 g/mol. The largest absolute Gasteiger partial charge is 0.335 e. The van der Waals surface area contributed by atoms with Gasteiger partial charge in [0.2, 0.25) is 5.91 Å². The summed E-state index contributed by atoms with van der Waals surface area (Å²) < 4.78 is 0. The molecule has 0 aromatic rings. The number of likely N-dealkylation sites (tertiary alicyclic amines) is 1. The highest BCUT2D eigenvalue weighted by Crippen LogP contribution is 2.49. The van der Waals surface area contributed by atoms with Crippen molar-refractivity contribution in [2.45, 2.75) is 49.6 Å². The van der Waals surface area contributed by atoms with Crippen molar-refractivity contribution in [3.63, 3.8) is 0 Å². The van der Waals surface area contributed by atoms with E-state index in [-0.39, 0.29) is 11.4 Å². The van der Waals surface area contributed by atoms with Gasteiger partial charge in [-0.05, 0) is 38.5 Å². The molecule has 2 aliphatic carbocycles. The highest BCUT2D eigenvalue weighted by molar-refractivity contribution is 5.90. The zero-order valence-electron chi connectivity index (χ0n) is 7.88. The van der Waals surface area contributed by atoms with Crippen LogP contribution in [0.25, 0.3) is 0 Å². The number of nitrogens with zero attached hydrogens (tertiary/aromatic N) is 1. The van der Waals surface area contributed by atoms with E-state index in [4.69, 9.17) is 5.73 Å². The standard InChI is InChI=1S/C10H16N2O/c11-10(4-5-10)8(13)12-7-6-9(12)2-1-3-9/h1-7,11H2. The molecule has 3 nitrogen and oxygen atoms in total. The van der Waals surface area contributed by atoms with E-state index in [2.05, 4.69) is 4.90 Å². The minimum Gasteiger partial charge on any atom is -0.335 e. The van der Waals surface area contributed by atoms with Crippen LogP contribution < -0.4 is 5.73 Å². The van der Waals surface area contributed by atoms with Gasteiger partial charge >= 0.3 is 0 Å². The summed E-state index contributed by atoms with van der Waals surface area (Å²) in [6.45, 7) is 0.956. The lowest BCUT2D eigenvalue weighted by molar-refractivity contribution is -0.158. The molecule has 0 atom stereocenters. The Balaban J connectivity index is 1.75. The van der Waals surface area contributed by atoms with Gasteiger partial charge in [0, 0.05) is 12.1 Å². The van der Waals surface area contributed by atoms with Crippen molar-refractivity contribution in [2.75, 3.05) is 6.54 Å². The van der Waals surface area contributed by atoms with E-state index in [1.54, 1.807) is 0 Å². The Morgan fingerprint density at radius 2 is 1.85 bits per heavy atom. The molecule has 72 valence electrons. The fourth-order valence-corrected chi connectivity index (χ4v) is 2.58. The number of carbonyl (C=O) groups is 1. The van der Waals surface area contributed by atoms with Gasteiger partial charge < -0.3 is 10.6 Å². The van der Waals surface area contributed by atoms with Gasteiger partial charge in [0.1, 0.15) is 0 Å². The van der Waals surface area contributed by atoms with Gasteiger partial charge in [0.15, 0.2) is 0 Å². The molecule has 1 aliphatic heterocycles. The van der Waals surface area contributed by atoms with Crippen molar-refractivity contribution in [3.05, 3.63) is 0 Å². The zero-order valence-corrected chi connectivity index (χ0v) is 7.88. The van der Waals surface area contributed by atoms with E-state index in [0.29, 0.717) is 0 Å². The Morgan fingerprint density at radius 3 is 2.15 bits per heavy atom. The average Bonchev–Trinajstić information content (AvgIpc) is 2.63. The summed E-state index contributed by atoms with van der Waals surface area (Å²) in [4.78, 5) is 14.0. The highest BCUT2D eigenvalue weighted by Gasteiger charge is 2.57. The zero-order chi connectivity index (χ0) is 9.10. The van der Waals surface area contributed by atoms with Gasteiger partial charge in [-0.3, -0.25) is 4.79 Å². The molecule has 0 aromatic carbocycles. The molecule has 1 spiro atoms. The first-order chi connectivity index (χ1) is 6.16. The van der Waals surface area contributed by atoms with Crippen molar-refractivity contribution in [1.82, 2.24) is 4.90 Å². The van der Waals surface area contributed by atoms with Crippen molar-refractivity contribution in [3.8, 4) is 0 Å². The molecule has 2 saturated carbocycles. The van der Waals surface area contributed by atoms with Crippen LogP contribution >= 0.6 is 0 Å². The van der Waals surface area contributed by atoms with Crippen LogP contribution in [0.4, 0.5) is 0 Å². The van der Waals surface area contributed by atoms with Gasteiger partial charge in [-0.2, -0.15) is 0 Å². The van der Waals surface area contributed by atoms with Gasteiger partial charge in [0.25, 0.3) is 0 Å². The Morgan fingerprint density at radius 1 is 1.15 bits per heavy atom. The molecule has 3 fully saturated rings. The maximum Gasteiger partial charge on any atom is 0.243 e. The first kappa shape index (κ1) is 7.80. The highest BCUT2D eigenvalue weighted by atomic mass is 16.2. The number of carbonyl (C=O) groups excluding carboxylic acids is 1. The van der Waals surface area contributed by atoms with Crippen LogP contribution in [-0.2, 0) is 4.79 Å². The molecule has 0 bridgehead atoms. The first-order valence-corrected chi connectivity index (χ1v) is 5.27. The lowest BCUT2D eigenvalue weighted by Gasteiger charge is -2.59. The van der Waals surface area contributed by atoms with Crippen molar-refractivity contribution < 1.29 is 4.79 Å². The lowest BCUT2D eigenvalue weighted by Crippen LogP contribution is -2.68. The molecule has 1 saturated heterocycles. The van der Waals surface area contributed by atoms with Crippen LogP contribution in [0.15, 0.2) is 0 Å². The van der Waals surface area contributed by atoms with Crippen LogP contribution in [0.3, 0.4) is 0 Å². The van der Waals surface area contributed by atoms with Crippen molar-refractivity contribution in [1.29, 1.82) is 0 Å². The second kappa shape index (κ2) is 2.08. The van der Waals surface area contributed by atoms with Crippen LogP contribution in [0.2, 0.25) is 0 Å². The molecule has 0 radical (unpaired) electrons. The van der Waals surface area contributed by atoms with Crippen molar-refractivity contribution >= 4 is 5.91 Å². The number of rotatable bonds is 1. The SMILES string of the molecule is NC1(C(=O)N2CCC23CCC3)CC1. The summed E-state index contributed by atoms with van der Waals surface area (Å²) in [5.74, 6) is 0.235. The van der Waals surface area contributed by atoms with Gasteiger partial charge in [-0.1, -0.05) is 0 Å². The van der Waals surface area contributed by atoms with Crippen LogP contribution in [-0.4, -0.2) is 28.4 Å². The summed E-state index contributed by atoms with van der Waals surface area (Å²) >= 11 is 0. The summed E-state index contributed by atoms with van der Waals surface area (Å²) in [5.41, 5.74) is 5.75. The van der Waals surface area contributed by atoms with E-state index in [1.165, 1.54) is 25.7 Å².